The maximum atomic E-state index is 11.9. The molecule has 0 unspecified atom stereocenters. The molecule has 0 saturated heterocycles. The number of amides is 1. The molecule has 3 aromatic rings. The van der Waals surface area contributed by atoms with Gasteiger partial charge in [0.1, 0.15) is 0 Å². The van der Waals surface area contributed by atoms with E-state index in [0.29, 0.717) is 0 Å². The van der Waals surface area contributed by atoms with Crippen molar-refractivity contribution in [1.82, 2.24) is 15.6 Å². The van der Waals surface area contributed by atoms with Crippen molar-refractivity contribution in [2.75, 3.05) is 5.75 Å². The number of hydrazone groups is 1. The van der Waals surface area contributed by atoms with Crippen LogP contribution in [0, 0.1) is 0 Å². The maximum absolute atomic E-state index is 11.9. The molecule has 0 spiro atoms. The Morgan fingerprint density at radius 3 is 2.75 bits per heavy atom. The molecule has 0 aliphatic carbocycles. The molecule has 0 saturated carbocycles. The van der Waals surface area contributed by atoms with E-state index in [4.69, 9.17) is 11.6 Å². The van der Waals surface area contributed by atoms with Gasteiger partial charge in [0.2, 0.25) is 0 Å². The first-order valence-corrected chi connectivity index (χ1v) is 12.0. The third-order valence-corrected chi connectivity index (χ3v) is 7.38. The summed E-state index contributed by atoms with van der Waals surface area (Å²) in [5.74, 6) is 0.750. The van der Waals surface area contributed by atoms with Crippen molar-refractivity contribution in [2.24, 2.45) is 5.10 Å². The number of thioether (sulfide) groups is 2. The van der Waals surface area contributed by atoms with Crippen LogP contribution in [0.4, 0.5) is 0 Å². The molecule has 0 radical (unpaired) electrons. The smallest absolute Gasteiger partial charge is 0.250 e. The summed E-state index contributed by atoms with van der Waals surface area (Å²) in [6.07, 6.45) is 1.60. The number of carbonyl (C=O) groups excluding carboxylic acids is 1. The highest BCUT2D eigenvalue weighted by atomic mass is 79.9. The van der Waals surface area contributed by atoms with E-state index in [1.165, 1.54) is 23.1 Å². The Labute approximate surface area is 188 Å². The highest BCUT2D eigenvalue weighted by Gasteiger charge is 2.09. The summed E-state index contributed by atoms with van der Waals surface area (Å²) >= 11 is 13.9. The van der Waals surface area contributed by atoms with Crippen LogP contribution in [0.3, 0.4) is 0 Å². The van der Waals surface area contributed by atoms with E-state index in [9.17, 15) is 4.79 Å². The van der Waals surface area contributed by atoms with Crippen LogP contribution in [0.5, 0.6) is 0 Å². The molecule has 10 heteroatoms. The second kappa shape index (κ2) is 11.0. The van der Waals surface area contributed by atoms with Crippen LogP contribution in [-0.4, -0.2) is 28.1 Å². The van der Waals surface area contributed by atoms with E-state index in [1.54, 1.807) is 18.0 Å². The minimum atomic E-state index is -0.197. The van der Waals surface area contributed by atoms with Gasteiger partial charge < -0.3 is 0 Å². The molecule has 1 amide bonds. The van der Waals surface area contributed by atoms with Gasteiger partial charge in [0.25, 0.3) is 5.91 Å². The summed E-state index contributed by atoms with van der Waals surface area (Å²) in [6.45, 7) is 0. The maximum Gasteiger partial charge on any atom is 0.250 e. The highest BCUT2D eigenvalue weighted by Crippen LogP contribution is 2.32. The second-order valence-corrected chi connectivity index (χ2v) is 10.1. The zero-order valence-corrected chi connectivity index (χ0v) is 19.1. The average molecular weight is 514 g/mol. The van der Waals surface area contributed by atoms with Crippen molar-refractivity contribution in [3.63, 3.8) is 0 Å². The zero-order chi connectivity index (χ0) is 19.8. The Hall–Kier alpha value is -1.39. The molecule has 5 nitrogen and oxygen atoms in total. The quantitative estimate of drug-likeness (QED) is 0.245. The molecule has 28 heavy (non-hydrogen) atoms. The number of benzene rings is 2. The third-order valence-electron chi connectivity index (χ3n) is 3.28. The first kappa shape index (κ1) is 21.3. The molecule has 144 valence electrons. The van der Waals surface area contributed by atoms with Gasteiger partial charge in [0, 0.05) is 15.2 Å². The predicted molar refractivity (Wildman–Crippen MR) is 122 cm³/mol. The van der Waals surface area contributed by atoms with E-state index in [0.717, 1.165) is 35.1 Å². The number of hydrogen-bond acceptors (Lipinski definition) is 7. The van der Waals surface area contributed by atoms with Crippen molar-refractivity contribution in [1.29, 1.82) is 0 Å². The van der Waals surface area contributed by atoms with Crippen LogP contribution in [0.1, 0.15) is 11.1 Å². The van der Waals surface area contributed by atoms with Gasteiger partial charge >= 0.3 is 0 Å². The lowest BCUT2D eigenvalue weighted by Gasteiger charge is -2.00. The van der Waals surface area contributed by atoms with Crippen molar-refractivity contribution in [2.45, 2.75) is 14.4 Å². The number of aromatic nitrogens is 2. The van der Waals surface area contributed by atoms with E-state index in [-0.39, 0.29) is 11.7 Å². The monoisotopic (exact) mass is 512 g/mol. The predicted octanol–water partition coefficient (Wildman–Crippen LogP) is 5.49. The summed E-state index contributed by atoms with van der Waals surface area (Å²) in [4.78, 5) is 11.9. The Bertz CT molecular complexity index is 983. The Balaban J connectivity index is 1.42. The minimum Gasteiger partial charge on any atom is -0.272 e. The molecular formula is C18H14BrClN4OS3. The normalized spacial score (nSPS) is 11.1. The van der Waals surface area contributed by atoms with Gasteiger partial charge in [-0.25, -0.2) is 5.43 Å². The Morgan fingerprint density at radius 2 is 1.96 bits per heavy atom. The standard InChI is InChI=1S/C18H14BrClN4OS3/c19-14-6-3-4-12(8-14)9-21-22-16(25)11-27-18-24-23-17(28-18)26-10-13-5-1-2-7-15(13)20/h1-9H,10-11H2,(H,22,25)/b21-9+. The summed E-state index contributed by atoms with van der Waals surface area (Å²) in [7, 11) is 0. The summed E-state index contributed by atoms with van der Waals surface area (Å²) < 4.78 is 2.54. The summed E-state index contributed by atoms with van der Waals surface area (Å²) in [5, 5.41) is 13.0. The third kappa shape index (κ3) is 6.89. The fourth-order valence-corrected chi connectivity index (χ4v) is 5.51. The van der Waals surface area contributed by atoms with E-state index in [2.05, 4.69) is 36.7 Å². The number of halogens is 2. The van der Waals surface area contributed by atoms with Gasteiger partial charge in [-0.05, 0) is 29.3 Å². The van der Waals surface area contributed by atoms with E-state index >= 15 is 0 Å². The summed E-state index contributed by atoms with van der Waals surface area (Å²) in [5.41, 5.74) is 4.46. The minimum absolute atomic E-state index is 0.197. The van der Waals surface area contributed by atoms with Crippen LogP contribution in [0.2, 0.25) is 5.02 Å². The lowest BCUT2D eigenvalue weighted by molar-refractivity contribution is -0.118. The molecule has 3 rings (SSSR count). The van der Waals surface area contributed by atoms with Crippen LogP contribution < -0.4 is 5.43 Å². The Morgan fingerprint density at radius 1 is 1.18 bits per heavy atom. The van der Waals surface area contributed by atoms with Gasteiger partial charge in [-0.1, -0.05) is 92.7 Å². The molecule has 2 aromatic carbocycles. The highest BCUT2D eigenvalue weighted by molar-refractivity contribution is 9.10. The first-order valence-electron chi connectivity index (χ1n) is 8.00. The number of nitrogens with zero attached hydrogens (tertiary/aromatic N) is 3. The number of rotatable bonds is 8. The van der Waals surface area contributed by atoms with E-state index in [1.807, 2.05) is 48.5 Å². The largest absolute Gasteiger partial charge is 0.272 e. The molecule has 0 aliphatic heterocycles. The van der Waals surface area contributed by atoms with Crippen molar-refractivity contribution < 1.29 is 4.79 Å². The topological polar surface area (TPSA) is 67.2 Å². The molecule has 0 atom stereocenters. The van der Waals surface area contributed by atoms with Gasteiger partial charge in [-0.15, -0.1) is 10.2 Å². The summed E-state index contributed by atoms with van der Waals surface area (Å²) in [6, 6.07) is 15.4. The first-order chi connectivity index (χ1) is 13.6. The van der Waals surface area contributed by atoms with E-state index < -0.39 is 0 Å². The molecule has 1 aromatic heterocycles. The van der Waals surface area contributed by atoms with Crippen LogP contribution in [0.15, 0.2) is 66.8 Å². The van der Waals surface area contributed by atoms with Gasteiger partial charge in [0.05, 0.1) is 12.0 Å². The lowest BCUT2D eigenvalue weighted by Crippen LogP contribution is -2.19. The molecule has 0 aliphatic rings. The average Bonchev–Trinajstić information content (AvgIpc) is 3.14. The fourth-order valence-electron chi connectivity index (χ4n) is 1.99. The second-order valence-electron chi connectivity index (χ2n) is 5.35. The van der Waals surface area contributed by atoms with Gasteiger partial charge in [0.15, 0.2) is 8.68 Å². The van der Waals surface area contributed by atoms with Crippen molar-refractivity contribution >= 4 is 74.5 Å². The Kier molecular flexibility index (Phi) is 8.35. The lowest BCUT2D eigenvalue weighted by atomic mass is 10.2. The molecule has 1 heterocycles. The van der Waals surface area contributed by atoms with Gasteiger partial charge in [-0.3, -0.25) is 4.79 Å². The van der Waals surface area contributed by atoms with Crippen molar-refractivity contribution in [3.05, 3.63) is 69.2 Å². The SMILES string of the molecule is O=C(CSc1nnc(SCc2ccccc2Cl)s1)N/N=C/c1cccc(Br)c1. The van der Waals surface area contributed by atoms with Crippen molar-refractivity contribution in [3.8, 4) is 0 Å². The van der Waals surface area contributed by atoms with Crippen LogP contribution in [-0.2, 0) is 10.5 Å². The number of nitrogens with one attached hydrogen (secondary N) is 1. The van der Waals surface area contributed by atoms with Gasteiger partial charge in [-0.2, -0.15) is 5.10 Å². The zero-order valence-electron chi connectivity index (χ0n) is 14.3. The fraction of sp³-hybridized carbons (Fsp3) is 0.111. The molecular weight excluding hydrogens is 500 g/mol. The number of hydrogen-bond donors (Lipinski definition) is 1. The van der Waals surface area contributed by atoms with Crippen LogP contribution >= 0.6 is 62.4 Å². The van der Waals surface area contributed by atoms with Crippen LogP contribution in [0.25, 0.3) is 0 Å². The number of carbonyl (C=O) groups is 1. The molecule has 0 fully saturated rings. The molecule has 1 N–H and O–H groups in total. The molecule has 0 bridgehead atoms.